The summed E-state index contributed by atoms with van der Waals surface area (Å²) in [5.74, 6) is 0.999. The molecule has 1 aromatic rings. The molecule has 1 rings (SSSR count). The van der Waals surface area contributed by atoms with Crippen LogP contribution in [0.15, 0.2) is 18.7 Å². The quantitative estimate of drug-likeness (QED) is 0.642. The molecule has 0 saturated heterocycles. The standard InChI is InChI=1S/C8H15N2OS/c1-3-11-7-9-4-5-10(6-9)8-12-2/h4-6H,3,7-8H2,1-2H3/q+1. The summed E-state index contributed by atoms with van der Waals surface area (Å²) in [5, 5.41) is 0. The van der Waals surface area contributed by atoms with Gasteiger partial charge < -0.3 is 4.74 Å². The number of rotatable bonds is 5. The van der Waals surface area contributed by atoms with E-state index in [-0.39, 0.29) is 0 Å². The summed E-state index contributed by atoms with van der Waals surface area (Å²) in [7, 11) is 0. The van der Waals surface area contributed by atoms with Crippen molar-refractivity contribution in [1.29, 1.82) is 0 Å². The molecule has 12 heavy (non-hydrogen) atoms. The molecule has 0 amide bonds. The van der Waals surface area contributed by atoms with Gasteiger partial charge in [0.25, 0.3) is 0 Å². The Bertz CT molecular complexity index is 225. The molecule has 0 spiro atoms. The van der Waals surface area contributed by atoms with Gasteiger partial charge >= 0.3 is 0 Å². The van der Waals surface area contributed by atoms with Crippen LogP contribution in [-0.2, 0) is 17.3 Å². The van der Waals surface area contributed by atoms with Gasteiger partial charge in [-0.05, 0) is 13.2 Å². The Kier molecular flexibility index (Phi) is 4.18. The molecular formula is C8H15N2OS+. The molecule has 0 bridgehead atoms. The third kappa shape index (κ3) is 2.87. The molecule has 0 radical (unpaired) electrons. The van der Waals surface area contributed by atoms with Crippen molar-refractivity contribution in [2.75, 3.05) is 12.9 Å². The Balaban J connectivity index is 2.41. The number of hydrogen-bond acceptors (Lipinski definition) is 2. The first-order valence-electron chi connectivity index (χ1n) is 3.98. The van der Waals surface area contributed by atoms with E-state index in [0.29, 0.717) is 6.73 Å². The zero-order valence-electron chi connectivity index (χ0n) is 7.56. The van der Waals surface area contributed by atoms with E-state index < -0.39 is 0 Å². The molecule has 0 saturated carbocycles. The first-order valence-corrected chi connectivity index (χ1v) is 5.37. The number of nitrogens with zero attached hydrogens (tertiary/aromatic N) is 2. The molecule has 0 atom stereocenters. The van der Waals surface area contributed by atoms with Crippen LogP contribution in [0.4, 0.5) is 0 Å². The van der Waals surface area contributed by atoms with Crippen LogP contribution in [0.25, 0.3) is 0 Å². The average Bonchev–Trinajstić information content (AvgIpc) is 2.50. The molecule has 0 aliphatic carbocycles. The van der Waals surface area contributed by atoms with Crippen LogP contribution in [0.5, 0.6) is 0 Å². The molecule has 4 heteroatoms. The normalized spacial score (nSPS) is 10.5. The fourth-order valence-electron chi connectivity index (χ4n) is 0.937. The molecule has 68 valence electrons. The summed E-state index contributed by atoms with van der Waals surface area (Å²) in [6.07, 6.45) is 8.21. The van der Waals surface area contributed by atoms with Crippen LogP contribution in [0, 0.1) is 0 Å². The van der Waals surface area contributed by atoms with E-state index in [1.165, 1.54) is 0 Å². The van der Waals surface area contributed by atoms with E-state index in [9.17, 15) is 0 Å². The highest BCUT2D eigenvalue weighted by atomic mass is 32.2. The maximum atomic E-state index is 5.25. The van der Waals surface area contributed by atoms with E-state index in [1.54, 1.807) is 11.8 Å². The summed E-state index contributed by atoms with van der Waals surface area (Å²) in [5.41, 5.74) is 0. The fourth-order valence-corrected chi connectivity index (χ4v) is 1.39. The van der Waals surface area contributed by atoms with Gasteiger partial charge in [0.2, 0.25) is 6.33 Å². The Morgan fingerprint density at radius 2 is 2.42 bits per heavy atom. The molecule has 0 aliphatic heterocycles. The van der Waals surface area contributed by atoms with Gasteiger partial charge in [-0.1, -0.05) is 0 Å². The molecule has 0 unspecified atom stereocenters. The highest BCUT2D eigenvalue weighted by Gasteiger charge is 2.00. The lowest BCUT2D eigenvalue weighted by molar-refractivity contribution is -0.675. The van der Waals surface area contributed by atoms with Crippen molar-refractivity contribution in [3.8, 4) is 0 Å². The van der Waals surface area contributed by atoms with Crippen molar-refractivity contribution in [2.45, 2.75) is 19.5 Å². The smallest absolute Gasteiger partial charge is 0.246 e. The molecular weight excluding hydrogens is 172 g/mol. The molecule has 0 aliphatic rings. The van der Waals surface area contributed by atoms with Crippen LogP contribution in [-0.4, -0.2) is 17.4 Å². The number of thioether (sulfide) groups is 1. The summed E-state index contributed by atoms with van der Waals surface area (Å²) >= 11 is 1.80. The second kappa shape index (κ2) is 5.22. The minimum Gasteiger partial charge on any atom is -0.342 e. The van der Waals surface area contributed by atoms with Crippen molar-refractivity contribution in [1.82, 2.24) is 4.57 Å². The SMILES string of the molecule is CCOCn1cc[n+](CSC)c1. The number of hydrogen-bond donors (Lipinski definition) is 0. The van der Waals surface area contributed by atoms with Crippen molar-refractivity contribution < 1.29 is 9.30 Å². The summed E-state index contributed by atoms with van der Waals surface area (Å²) in [4.78, 5) is 0. The van der Waals surface area contributed by atoms with Crippen LogP contribution in [0.2, 0.25) is 0 Å². The van der Waals surface area contributed by atoms with Gasteiger partial charge in [0, 0.05) is 6.61 Å². The zero-order chi connectivity index (χ0) is 8.81. The lowest BCUT2D eigenvalue weighted by Gasteiger charge is -1.94. The van der Waals surface area contributed by atoms with Crippen molar-refractivity contribution >= 4 is 11.8 Å². The van der Waals surface area contributed by atoms with Gasteiger partial charge in [0.15, 0.2) is 6.73 Å². The summed E-state index contributed by atoms with van der Waals surface area (Å²) in [6.45, 7) is 3.41. The molecule has 0 fully saturated rings. The van der Waals surface area contributed by atoms with Gasteiger partial charge in [-0.3, -0.25) is 0 Å². The average molecular weight is 187 g/mol. The number of imidazole rings is 1. The minimum absolute atomic E-state index is 0.651. The summed E-state index contributed by atoms with van der Waals surface area (Å²) in [6, 6.07) is 0. The lowest BCUT2D eigenvalue weighted by Crippen LogP contribution is -2.28. The van der Waals surface area contributed by atoms with Gasteiger partial charge in [-0.15, -0.1) is 11.8 Å². The van der Waals surface area contributed by atoms with Crippen molar-refractivity contribution in [3.05, 3.63) is 18.7 Å². The summed E-state index contributed by atoms with van der Waals surface area (Å²) < 4.78 is 9.41. The molecule has 0 aromatic carbocycles. The Morgan fingerprint density at radius 1 is 1.58 bits per heavy atom. The van der Waals surface area contributed by atoms with E-state index in [2.05, 4.69) is 17.0 Å². The third-order valence-electron chi connectivity index (χ3n) is 1.47. The molecule has 1 heterocycles. The largest absolute Gasteiger partial charge is 0.342 e. The second-order valence-corrected chi connectivity index (χ2v) is 3.32. The van der Waals surface area contributed by atoms with Crippen LogP contribution < -0.4 is 4.57 Å². The van der Waals surface area contributed by atoms with E-state index >= 15 is 0 Å². The highest BCUT2D eigenvalue weighted by molar-refractivity contribution is 7.97. The second-order valence-electron chi connectivity index (χ2n) is 2.48. The van der Waals surface area contributed by atoms with E-state index in [0.717, 1.165) is 12.5 Å². The van der Waals surface area contributed by atoms with Crippen molar-refractivity contribution in [3.63, 3.8) is 0 Å². The molecule has 0 N–H and O–H groups in total. The Labute approximate surface area is 77.3 Å². The van der Waals surface area contributed by atoms with Crippen LogP contribution in [0.3, 0.4) is 0 Å². The molecule has 3 nitrogen and oxygen atoms in total. The first-order chi connectivity index (χ1) is 5.86. The highest BCUT2D eigenvalue weighted by Crippen LogP contribution is 1.91. The maximum Gasteiger partial charge on any atom is 0.246 e. The maximum absolute atomic E-state index is 5.25. The molecule has 1 aromatic heterocycles. The van der Waals surface area contributed by atoms with Gasteiger partial charge in [0.05, 0.1) is 0 Å². The van der Waals surface area contributed by atoms with Crippen LogP contribution in [0.1, 0.15) is 6.92 Å². The monoisotopic (exact) mass is 187 g/mol. The predicted molar refractivity (Wildman–Crippen MR) is 49.8 cm³/mol. The van der Waals surface area contributed by atoms with E-state index in [1.807, 2.05) is 24.0 Å². The first kappa shape index (κ1) is 9.61. The van der Waals surface area contributed by atoms with Gasteiger partial charge in [-0.25, -0.2) is 9.13 Å². The van der Waals surface area contributed by atoms with Gasteiger partial charge in [-0.2, -0.15) is 0 Å². The minimum atomic E-state index is 0.651. The zero-order valence-corrected chi connectivity index (χ0v) is 8.38. The Morgan fingerprint density at radius 3 is 3.08 bits per heavy atom. The predicted octanol–water partition coefficient (Wildman–Crippen LogP) is 1.09. The fraction of sp³-hybridized carbons (Fsp3) is 0.625. The van der Waals surface area contributed by atoms with Gasteiger partial charge in [0.1, 0.15) is 18.3 Å². The Hall–Kier alpha value is -0.480. The van der Waals surface area contributed by atoms with Crippen LogP contribution >= 0.6 is 11.8 Å². The van der Waals surface area contributed by atoms with E-state index in [4.69, 9.17) is 4.74 Å². The van der Waals surface area contributed by atoms with Crippen molar-refractivity contribution in [2.24, 2.45) is 0 Å². The number of ether oxygens (including phenoxy) is 1. The number of aromatic nitrogens is 2. The third-order valence-corrected chi connectivity index (χ3v) is 2.03. The topological polar surface area (TPSA) is 18.0 Å². The lowest BCUT2D eigenvalue weighted by atomic mass is 10.8.